The molecule has 2 atom stereocenters. The molecule has 0 aromatic heterocycles. The van der Waals surface area contributed by atoms with E-state index in [1.54, 1.807) is 13.8 Å². The molecule has 1 aromatic rings. The summed E-state index contributed by atoms with van der Waals surface area (Å²) >= 11 is 5.83. The molecule has 0 radical (unpaired) electrons. The molecule has 19 heavy (non-hydrogen) atoms. The van der Waals surface area contributed by atoms with Gasteiger partial charge in [-0.2, -0.15) is 13.2 Å². The van der Waals surface area contributed by atoms with Crippen LogP contribution >= 0.6 is 24.0 Å². The molecule has 0 saturated carbocycles. The van der Waals surface area contributed by atoms with Gasteiger partial charge in [-0.05, 0) is 29.7 Å². The molecule has 1 rings (SSSR count). The van der Waals surface area contributed by atoms with E-state index in [2.05, 4.69) is 0 Å². The van der Waals surface area contributed by atoms with Crippen LogP contribution in [0.2, 0.25) is 5.02 Å². The smallest absolute Gasteiger partial charge is 0.391 e. The van der Waals surface area contributed by atoms with Gasteiger partial charge in [-0.1, -0.05) is 25.4 Å². The van der Waals surface area contributed by atoms with Crippen LogP contribution in [0.4, 0.5) is 13.2 Å². The van der Waals surface area contributed by atoms with Crippen LogP contribution in [0.3, 0.4) is 0 Å². The van der Waals surface area contributed by atoms with Gasteiger partial charge in [0.05, 0.1) is 17.7 Å². The SMILES string of the molecule is CC(C)[C@H](O)[C@H](N)c1cc(C(F)(F)F)ccc1Cl.Cl. The molecule has 0 heterocycles. The van der Waals surface area contributed by atoms with Crippen LogP contribution in [0, 0.1) is 5.92 Å². The fourth-order valence-electron chi connectivity index (χ4n) is 1.57. The molecule has 0 amide bonds. The molecule has 0 unspecified atom stereocenters. The summed E-state index contributed by atoms with van der Waals surface area (Å²) in [4.78, 5) is 0. The third-order valence-corrected chi connectivity index (χ3v) is 3.08. The standard InChI is InChI=1S/C12H15ClF3NO.ClH/c1-6(2)11(18)10(17)8-5-7(12(14,15)16)3-4-9(8)13;/h3-6,10-11,18H,17H2,1-2H3;1H/t10-,11+;/m1./s1. The van der Waals surface area contributed by atoms with Gasteiger partial charge in [-0.25, -0.2) is 0 Å². The largest absolute Gasteiger partial charge is 0.416 e. The van der Waals surface area contributed by atoms with Gasteiger partial charge < -0.3 is 10.8 Å². The Labute approximate surface area is 121 Å². The lowest BCUT2D eigenvalue weighted by molar-refractivity contribution is -0.137. The number of hydrogen-bond donors (Lipinski definition) is 2. The quantitative estimate of drug-likeness (QED) is 0.890. The number of aliphatic hydroxyl groups is 1. The summed E-state index contributed by atoms with van der Waals surface area (Å²) in [6.45, 7) is 3.46. The van der Waals surface area contributed by atoms with E-state index in [0.717, 1.165) is 18.2 Å². The zero-order valence-electron chi connectivity index (χ0n) is 10.4. The maximum atomic E-state index is 12.6. The second-order valence-electron chi connectivity index (χ2n) is 4.49. The first-order chi connectivity index (χ1) is 8.14. The molecule has 3 N–H and O–H groups in total. The number of halogens is 5. The van der Waals surface area contributed by atoms with Crippen LogP contribution in [0.15, 0.2) is 18.2 Å². The van der Waals surface area contributed by atoms with E-state index in [-0.39, 0.29) is 28.9 Å². The highest BCUT2D eigenvalue weighted by molar-refractivity contribution is 6.31. The molecule has 0 aliphatic heterocycles. The first-order valence-corrected chi connectivity index (χ1v) is 5.82. The second kappa shape index (κ2) is 6.79. The first-order valence-electron chi connectivity index (χ1n) is 5.45. The Morgan fingerprint density at radius 1 is 1.26 bits per heavy atom. The van der Waals surface area contributed by atoms with Crippen LogP contribution < -0.4 is 5.73 Å². The van der Waals surface area contributed by atoms with E-state index < -0.39 is 23.9 Å². The van der Waals surface area contributed by atoms with Gasteiger partial charge in [0.15, 0.2) is 0 Å². The van der Waals surface area contributed by atoms with Crippen molar-refractivity contribution in [2.75, 3.05) is 0 Å². The second-order valence-corrected chi connectivity index (χ2v) is 4.90. The molecule has 110 valence electrons. The summed E-state index contributed by atoms with van der Waals surface area (Å²) in [5, 5.41) is 9.92. The van der Waals surface area contributed by atoms with E-state index in [1.165, 1.54) is 0 Å². The fourth-order valence-corrected chi connectivity index (χ4v) is 1.82. The normalized spacial score (nSPS) is 15.0. The monoisotopic (exact) mass is 317 g/mol. The molecule has 0 aliphatic rings. The Hall–Kier alpha value is -0.490. The zero-order chi connectivity index (χ0) is 14.1. The maximum Gasteiger partial charge on any atom is 0.416 e. The number of hydrogen-bond acceptors (Lipinski definition) is 2. The van der Waals surface area contributed by atoms with Crippen molar-refractivity contribution in [2.45, 2.75) is 32.2 Å². The Balaban J connectivity index is 0.00000324. The highest BCUT2D eigenvalue weighted by Gasteiger charge is 2.32. The molecule has 1 aromatic carbocycles. The van der Waals surface area contributed by atoms with E-state index in [4.69, 9.17) is 17.3 Å². The Morgan fingerprint density at radius 2 is 1.79 bits per heavy atom. The minimum absolute atomic E-state index is 0. The Morgan fingerprint density at radius 3 is 2.21 bits per heavy atom. The van der Waals surface area contributed by atoms with Crippen LogP contribution in [0.1, 0.15) is 31.0 Å². The highest BCUT2D eigenvalue weighted by Crippen LogP contribution is 2.34. The van der Waals surface area contributed by atoms with Crippen LogP contribution in [0.5, 0.6) is 0 Å². The summed E-state index contributed by atoms with van der Waals surface area (Å²) in [7, 11) is 0. The summed E-state index contributed by atoms with van der Waals surface area (Å²) in [6, 6.07) is 1.98. The van der Waals surface area contributed by atoms with Gasteiger partial charge in [0, 0.05) is 5.02 Å². The van der Waals surface area contributed by atoms with E-state index >= 15 is 0 Å². The number of aliphatic hydroxyl groups excluding tert-OH is 1. The van der Waals surface area contributed by atoms with Gasteiger partial charge in [0.2, 0.25) is 0 Å². The minimum atomic E-state index is -4.46. The molecule has 0 aliphatic carbocycles. The van der Waals surface area contributed by atoms with Crippen molar-refractivity contribution in [1.82, 2.24) is 0 Å². The summed E-state index contributed by atoms with van der Waals surface area (Å²) in [5.41, 5.74) is 5.03. The van der Waals surface area contributed by atoms with Crippen LogP contribution in [-0.4, -0.2) is 11.2 Å². The minimum Gasteiger partial charge on any atom is -0.391 e. The Kier molecular flexibility index (Phi) is 6.62. The highest BCUT2D eigenvalue weighted by atomic mass is 35.5. The van der Waals surface area contributed by atoms with Gasteiger partial charge in [0.25, 0.3) is 0 Å². The van der Waals surface area contributed by atoms with E-state index in [9.17, 15) is 18.3 Å². The van der Waals surface area contributed by atoms with Crippen molar-refractivity contribution < 1.29 is 18.3 Å². The summed E-state index contributed by atoms with van der Waals surface area (Å²) in [5.74, 6) is -0.175. The first kappa shape index (κ1) is 18.5. The van der Waals surface area contributed by atoms with Crippen molar-refractivity contribution in [3.8, 4) is 0 Å². The van der Waals surface area contributed by atoms with Gasteiger partial charge in [-0.3, -0.25) is 0 Å². The number of nitrogens with two attached hydrogens (primary N) is 1. The lowest BCUT2D eigenvalue weighted by Gasteiger charge is -2.24. The van der Waals surface area contributed by atoms with Crippen molar-refractivity contribution in [1.29, 1.82) is 0 Å². The van der Waals surface area contributed by atoms with Gasteiger partial charge in [0.1, 0.15) is 0 Å². The summed E-state index contributed by atoms with van der Waals surface area (Å²) < 4.78 is 37.7. The molecule has 0 spiro atoms. The molecule has 2 nitrogen and oxygen atoms in total. The van der Waals surface area contributed by atoms with Crippen molar-refractivity contribution in [3.63, 3.8) is 0 Å². The third-order valence-electron chi connectivity index (χ3n) is 2.73. The van der Waals surface area contributed by atoms with Crippen molar-refractivity contribution in [3.05, 3.63) is 34.3 Å². The van der Waals surface area contributed by atoms with Crippen molar-refractivity contribution >= 4 is 24.0 Å². The Bertz CT molecular complexity index is 424. The number of benzene rings is 1. The van der Waals surface area contributed by atoms with Crippen LogP contribution in [0.25, 0.3) is 0 Å². The fraction of sp³-hybridized carbons (Fsp3) is 0.500. The lowest BCUT2D eigenvalue weighted by Crippen LogP contribution is -2.31. The molecule has 7 heteroatoms. The topological polar surface area (TPSA) is 46.2 Å². The van der Waals surface area contributed by atoms with Gasteiger partial charge in [-0.15, -0.1) is 12.4 Å². The molecule has 0 fully saturated rings. The number of rotatable bonds is 3. The maximum absolute atomic E-state index is 12.6. The average Bonchev–Trinajstić information content (AvgIpc) is 2.26. The summed E-state index contributed by atoms with van der Waals surface area (Å²) in [6.07, 6.45) is -5.41. The van der Waals surface area contributed by atoms with E-state index in [1.807, 2.05) is 0 Å². The predicted octanol–water partition coefficient (Wildman–Crippen LogP) is 3.80. The van der Waals surface area contributed by atoms with Crippen molar-refractivity contribution in [2.24, 2.45) is 11.7 Å². The predicted molar refractivity (Wildman–Crippen MR) is 71.5 cm³/mol. The van der Waals surface area contributed by atoms with Crippen LogP contribution in [-0.2, 0) is 6.18 Å². The zero-order valence-corrected chi connectivity index (χ0v) is 12.0. The third kappa shape index (κ3) is 4.53. The average molecular weight is 318 g/mol. The van der Waals surface area contributed by atoms with Gasteiger partial charge >= 0.3 is 6.18 Å². The molecule has 0 saturated heterocycles. The molecular formula is C12H16Cl2F3NO. The lowest BCUT2D eigenvalue weighted by atomic mass is 9.93. The molecule has 0 bridgehead atoms. The number of alkyl halides is 3. The van der Waals surface area contributed by atoms with E-state index in [0.29, 0.717) is 0 Å². The molecular weight excluding hydrogens is 302 g/mol.